The van der Waals surface area contributed by atoms with E-state index in [4.69, 9.17) is 39.5 Å². The van der Waals surface area contributed by atoms with Crippen LogP contribution in [0.5, 0.6) is 0 Å². The highest BCUT2D eigenvalue weighted by Gasteiger charge is 2.60. The number of amidine groups is 1. The van der Waals surface area contributed by atoms with Crippen LogP contribution in [0.4, 0.5) is 10.5 Å². The second-order valence-electron chi connectivity index (χ2n) is 9.81. The third kappa shape index (κ3) is 4.60. The van der Waals surface area contributed by atoms with E-state index >= 15 is 0 Å². The van der Waals surface area contributed by atoms with Gasteiger partial charge in [-0.3, -0.25) is 9.59 Å². The number of allylic oxidation sites excluding steroid dienone is 2. The Bertz CT molecular complexity index is 1500. The Labute approximate surface area is 240 Å². The molecule has 1 fully saturated rings. The van der Waals surface area contributed by atoms with Crippen LogP contribution in [-0.4, -0.2) is 29.3 Å². The van der Waals surface area contributed by atoms with Gasteiger partial charge in [-0.15, -0.1) is 0 Å². The predicted molar refractivity (Wildman–Crippen MR) is 151 cm³/mol. The van der Waals surface area contributed by atoms with Gasteiger partial charge in [0.25, 0.3) is 11.8 Å². The van der Waals surface area contributed by atoms with Crippen LogP contribution in [0.3, 0.4) is 0 Å². The molecule has 2 aromatic carbocycles. The molecule has 0 saturated carbocycles. The van der Waals surface area contributed by atoms with E-state index in [0.717, 1.165) is 21.7 Å². The minimum Gasteiger partial charge on any atom is -0.435 e. The van der Waals surface area contributed by atoms with Crippen molar-refractivity contribution in [2.45, 2.75) is 51.2 Å². The van der Waals surface area contributed by atoms with Gasteiger partial charge in [-0.25, -0.2) is 4.79 Å². The summed E-state index contributed by atoms with van der Waals surface area (Å²) in [5.41, 5.74) is 1.50. The molecule has 2 unspecified atom stereocenters. The lowest BCUT2D eigenvalue weighted by molar-refractivity contribution is -0.117. The smallest absolute Gasteiger partial charge is 0.408 e. The molecule has 2 heterocycles. The highest BCUT2D eigenvalue weighted by atomic mass is 35.5. The van der Waals surface area contributed by atoms with Crippen LogP contribution in [0.1, 0.15) is 42.9 Å². The van der Waals surface area contributed by atoms with Gasteiger partial charge in [0.15, 0.2) is 5.60 Å². The Morgan fingerprint density at radius 2 is 1.87 bits per heavy atom. The zero-order valence-electron chi connectivity index (χ0n) is 21.4. The number of hydrogen-bond donors (Lipinski definition) is 2. The van der Waals surface area contributed by atoms with E-state index in [2.05, 4.69) is 15.7 Å². The maximum Gasteiger partial charge on any atom is 0.408 e. The Hall–Kier alpha value is -3.33. The molecule has 3 aliphatic rings. The first-order valence-corrected chi connectivity index (χ1v) is 13.5. The summed E-state index contributed by atoms with van der Waals surface area (Å²) in [6.07, 6.45) is 5.23. The second-order valence-corrected chi connectivity index (χ2v) is 11.1. The van der Waals surface area contributed by atoms with Gasteiger partial charge in [-0.2, -0.15) is 10.1 Å². The fourth-order valence-corrected chi connectivity index (χ4v) is 6.56. The third-order valence-corrected chi connectivity index (χ3v) is 8.09. The molecule has 11 heteroatoms. The molecule has 2 atom stereocenters. The largest absolute Gasteiger partial charge is 0.435 e. The van der Waals surface area contributed by atoms with Crippen LogP contribution in [-0.2, 0) is 19.9 Å². The van der Waals surface area contributed by atoms with Crippen molar-refractivity contribution in [1.82, 2.24) is 10.6 Å². The van der Waals surface area contributed by atoms with Crippen molar-refractivity contribution in [3.63, 3.8) is 0 Å². The number of anilines is 1. The first kappa shape index (κ1) is 27.2. The molecule has 2 aromatic rings. The number of halogens is 3. The minimum atomic E-state index is -1.03. The van der Waals surface area contributed by atoms with Crippen molar-refractivity contribution in [3.05, 3.63) is 85.9 Å². The summed E-state index contributed by atoms with van der Waals surface area (Å²) in [5, 5.41) is 11.6. The van der Waals surface area contributed by atoms with Crippen molar-refractivity contribution in [1.29, 1.82) is 0 Å². The number of alkyl carbamates (subject to hydrolysis) is 1. The fraction of sp³-hybridized carbons (Fsp3) is 0.286. The number of benzene rings is 2. The number of nitrogens with one attached hydrogen (secondary N) is 2. The van der Waals surface area contributed by atoms with Gasteiger partial charge in [0, 0.05) is 22.6 Å². The van der Waals surface area contributed by atoms with E-state index < -0.39 is 29.0 Å². The van der Waals surface area contributed by atoms with E-state index in [1.54, 1.807) is 12.2 Å². The Balaban J connectivity index is 1.42. The summed E-state index contributed by atoms with van der Waals surface area (Å²) in [6, 6.07) is 8.91. The summed E-state index contributed by atoms with van der Waals surface area (Å²) in [4.78, 5) is 38.8. The third-order valence-electron chi connectivity index (χ3n) is 7.29. The second kappa shape index (κ2) is 10.0. The lowest BCUT2D eigenvalue weighted by atomic mass is 9.68. The van der Waals surface area contributed by atoms with Crippen molar-refractivity contribution in [3.8, 4) is 0 Å². The molecule has 0 bridgehead atoms. The highest BCUT2D eigenvalue weighted by molar-refractivity contribution is 6.42. The van der Waals surface area contributed by atoms with E-state index in [-0.39, 0.29) is 34.4 Å². The van der Waals surface area contributed by atoms with Crippen molar-refractivity contribution in [2.75, 3.05) is 5.01 Å². The molecule has 8 nitrogen and oxygen atoms in total. The van der Waals surface area contributed by atoms with E-state index in [1.165, 1.54) is 12.1 Å². The summed E-state index contributed by atoms with van der Waals surface area (Å²) in [7, 11) is 0. The first-order valence-electron chi connectivity index (χ1n) is 12.3. The van der Waals surface area contributed by atoms with Crippen LogP contribution in [0.25, 0.3) is 0 Å². The number of carbonyl (C=O) groups excluding carboxylic acids is 3. The fourth-order valence-electron chi connectivity index (χ4n) is 5.59. The first-order chi connectivity index (χ1) is 18.5. The SMILES string of the molecule is CCC1(c2ccc(C)cc2C)OC(=O)NC12C=CC=C(C(=O)NC1=NN(c3c(Cl)cc(Cl)cc3Cl)C(=O)C1)C2. The standard InChI is InChI=1S/C28H25Cl3N4O4/c1-4-28(19-8-7-15(2)10-16(19)3)27(33-26(38)39-28)9-5-6-17(14-27)25(37)32-22-13-23(36)35(34-22)24-20(30)11-18(29)12-21(24)31/h5-12H,4,13-14H2,1-3H3,(H,33,38)(H,32,34,37). The summed E-state index contributed by atoms with van der Waals surface area (Å²) >= 11 is 18.5. The van der Waals surface area contributed by atoms with Gasteiger partial charge in [0.05, 0.1) is 16.5 Å². The van der Waals surface area contributed by atoms with Gasteiger partial charge >= 0.3 is 6.09 Å². The maximum absolute atomic E-state index is 13.4. The summed E-state index contributed by atoms with van der Waals surface area (Å²) in [6.45, 7) is 5.94. The Morgan fingerprint density at radius 1 is 1.15 bits per heavy atom. The topological polar surface area (TPSA) is 100 Å². The molecule has 2 N–H and O–H groups in total. The van der Waals surface area contributed by atoms with E-state index in [9.17, 15) is 14.4 Å². The van der Waals surface area contributed by atoms with Crippen LogP contribution in [0, 0.1) is 13.8 Å². The van der Waals surface area contributed by atoms with Crippen LogP contribution < -0.4 is 15.6 Å². The van der Waals surface area contributed by atoms with Gasteiger partial charge in [-0.05, 0) is 38.0 Å². The molecule has 5 rings (SSSR count). The number of cyclic esters (lactones) is 1. The zero-order chi connectivity index (χ0) is 28.1. The maximum atomic E-state index is 13.4. The number of aryl methyl sites for hydroxylation is 2. The van der Waals surface area contributed by atoms with Gasteiger partial charge < -0.3 is 15.4 Å². The summed E-state index contributed by atoms with van der Waals surface area (Å²) < 4.78 is 6.00. The van der Waals surface area contributed by atoms with Gasteiger partial charge in [-0.1, -0.05) is 83.7 Å². The number of ether oxygens (including phenoxy) is 1. The molecular weight excluding hydrogens is 563 g/mol. The molecule has 1 saturated heterocycles. The van der Waals surface area contributed by atoms with E-state index in [0.29, 0.717) is 17.0 Å². The molecule has 0 radical (unpaired) electrons. The van der Waals surface area contributed by atoms with Crippen LogP contribution >= 0.6 is 34.8 Å². The number of hydrazone groups is 1. The lowest BCUT2D eigenvalue weighted by Crippen LogP contribution is -2.55. The molecular formula is C28H25Cl3N4O4. The van der Waals surface area contributed by atoms with E-state index in [1.807, 2.05) is 45.0 Å². The molecule has 3 amide bonds. The number of hydrogen-bond acceptors (Lipinski definition) is 5. The van der Waals surface area contributed by atoms with Crippen molar-refractivity contribution >= 4 is 64.2 Å². The molecule has 39 heavy (non-hydrogen) atoms. The van der Waals surface area contributed by atoms with Crippen molar-refractivity contribution < 1.29 is 19.1 Å². The Morgan fingerprint density at radius 3 is 2.54 bits per heavy atom. The van der Waals surface area contributed by atoms with Gasteiger partial charge in [0.1, 0.15) is 17.1 Å². The number of amides is 3. The van der Waals surface area contributed by atoms with Crippen LogP contribution in [0.2, 0.25) is 15.1 Å². The lowest BCUT2D eigenvalue weighted by Gasteiger charge is -2.43. The number of nitrogens with zero attached hydrogens (tertiary/aromatic N) is 2. The average molecular weight is 588 g/mol. The molecule has 202 valence electrons. The monoisotopic (exact) mass is 586 g/mol. The average Bonchev–Trinajstić information content (AvgIpc) is 3.34. The molecule has 0 aromatic heterocycles. The molecule has 1 spiro atoms. The predicted octanol–water partition coefficient (Wildman–Crippen LogP) is 6.10. The zero-order valence-corrected chi connectivity index (χ0v) is 23.7. The number of carbonyl (C=O) groups is 3. The minimum absolute atomic E-state index is 0.138. The van der Waals surface area contributed by atoms with Gasteiger partial charge in [0.2, 0.25) is 0 Å². The summed E-state index contributed by atoms with van der Waals surface area (Å²) in [5.74, 6) is -0.728. The van der Waals surface area contributed by atoms with Crippen LogP contribution in [0.15, 0.2) is 59.2 Å². The molecule has 1 aliphatic carbocycles. The molecule has 2 aliphatic heterocycles. The highest BCUT2D eigenvalue weighted by Crippen LogP contribution is 2.50. The van der Waals surface area contributed by atoms with Crippen molar-refractivity contribution in [2.24, 2.45) is 5.10 Å². The quantitative estimate of drug-likeness (QED) is 0.451. The normalized spacial score (nSPS) is 24.0. The Kier molecular flexibility index (Phi) is 6.99. The number of rotatable bonds is 4.